The van der Waals surface area contributed by atoms with E-state index in [1.54, 1.807) is 13.3 Å². The molecule has 3 aromatic rings. The first-order chi connectivity index (χ1) is 16.5. The molecule has 1 saturated heterocycles. The van der Waals surface area contributed by atoms with Crippen molar-refractivity contribution in [2.75, 3.05) is 26.7 Å². The van der Waals surface area contributed by atoms with Crippen LogP contribution >= 0.6 is 11.6 Å². The molecule has 0 radical (unpaired) electrons. The standard InChI is InChI=1S/C28H33ClN2O3/c1-34-22-10-12-27-24(18-22)23(13-15-30-27)26(29)11-9-21-14-17-31(19-25(21)28(32)33)16-5-8-20-6-3-2-4-7-20/h2-4,6-7,10,12-13,15,18,21,25-26H,5,8-9,11,14,16-17,19H2,1H3,(H,32,33)/t21-,25+,26-/m1/s1. The van der Waals surface area contributed by atoms with E-state index in [0.29, 0.717) is 6.54 Å². The molecule has 180 valence electrons. The average molecular weight is 481 g/mol. The van der Waals surface area contributed by atoms with Gasteiger partial charge in [-0.1, -0.05) is 30.3 Å². The lowest BCUT2D eigenvalue weighted by Gasteiger charge is -2.37. The number of hydrogen-bond acceptors (Lipinski definition) is 4. The van der Waals surface area contributed by atoms with Gasteiger partial charge in [-0.15, -0.1) is 11.6 Å². The van der Waals surface area contributed by atoms with Gasteiger partial charge in [0.15, 0.2) is 0 Å². The molecule has 1 aliphatic heterocycles. The molecule has 1 aromatic heterocycles. The molecular formula is C28H33ClN2O3. The van der Waals surface area contributed by atoms with Gasteiger partial charge in [-0.25, -0.2) is 0 Å². The monoisotopic (exact) mass is 480 g/mol. The zero-order chi connectivity index (χ0) is 23.9. The van der Waals surface area contributed by atoms with Gasteiger partial charge in [0.25, 0.3) is 0 Å². The van der Waals surface area contributed by atoms with Gasteiger partial charge >= 0.3 is 5.97 Å². The number of ether oxygens (including phenoxy) is 1. The average Bonchev–Trinajstić information content (AvgIpc) is 2.87. The van der Waals surface area contributed by atoms with Crippen molar-refractivity contribution in [3.8, 4) is 5.75 Å². The first-order valence-electron chi connectivity index (χ1n) is 12.1. The fourth-order valence-corrected chi connectivity index (χ4v) is 5.43. The molecule has 2 aromatic carbocycles. The summed E-state index contributed by atoms with van der Waals surface area (Å²) < 4.78 is 5.37. The first kappa shape index (κ1) is 24.5. The molecule has 0 amide bonds. The lowest BCUT2D eigenvalue weighted by molar-refractivity contribution is -0.146. The molecular weight excluding hydrogens is 448 g/mol. The van der Waals surface area contributed by atoms with Crippen molar-refractivity contribution in [3.63, 3.8) is 0 Å². The van der Waals surface area contributed by atoms with Crippen molar-refractivity contribution in [2.45, 2.75) is 37.5 Å². The number of pyridine rings is 1. The molecule has 6 heteroatoms. The Hall–Kier alpha value is -2.63. The number of carboxylic acids is 1. The maximum atomic E-state index is 12.1. The summed E-state index contributed by atoms with van der Waals surface area (Å²) in [5, 5.41) is 10.7. The van der Waals surface area contributed by atoms with E-state index in [-0.39, 0.29) is 17.2 Å². The Morgan fingerprint density at radius 3 is 2.82 bits per heavy atom. The Morgan fingerprint density at radius 1 is 1.24 bits per heavy atom. The number of benzene rings is 2. The highest BCUT2D eigenvalue weighted by atomic mass is 35.5. The molecule has 0 aliphatic carbocycles. The Bertz CT molecular complexity index is 1090. The van der Waals surface area contributed by atoms with Crippen molar-refractivity contribution in [3.05, 3.63) is 71.9 Å². The zero-order valence-corrected chi connectivity index (χ0v) is 20.5. The van der Waals surface area contributed by atoms with Crippen LogP contribution in [0.2, 0.25) is 0 Å². The number of alkyl halides is 1. The van der Waals surface area contributed by atoms with E-state index in [1.165, 1.54) is 5.56 Å². The molecule has 0 unspecified atom stereocenters. The van der Waals surface area contributed by atoms with Crippen molar-refractivity contribution < 1.29 is 14.6 Å². The summed E-state index contributed by atoms with van der Waals surface area (Å²) in [5.41, 5.74) is 3.24. The second-order valence-corrected chi connectivity index (χ2v) is 9.74. The first-order valence-corrected chi connectivity index (χ1v) is 12.5. The maximum absolute atomic E-state index is 12.1. The Morgan fingerprint density at radius 2 is 2.06 bits per heavy atom. The van der Waals surface area contributed by atoms with E-state index in [2.05, 4.69) is 34.1 Å². The SMILES string of the molecule is COc1ccc2nccc([C@H](Cl)CC[C@@H]3CCN(CCCc4ccccc4)C[C@@H]3C(=O)O)c2c1. The highest BCUT2D eigenvalue weighted by Crippen LogP contribution is 2.36. The fraction of sp³-hybridized carbons (Fsp3) is 0.429. The fourth-order valence-electron chi connectivity index (χ4n) is 5.11. The van der Waals surface area contributed by atoms with Crippen molar-refractivity contribution >= 4 is 28.5 Å². The summed E-state index contributed by atoms with van der Waals surface area (Å²) >= 11 is 6.86. The predicted molar refractivity (Wildman–Crippen MR) is 137 cm³/mol. The molecule has 2 heterocycles. The van der Waals surface area contributed by atoms with E-state index in [1.807, 2.05) is 30.3 Å². The van der Waals surface area contributed by atoms with Crippen molar-refractivity contribution in [2.24, 2.45) is 11.8 Å². The van der Waals surface area contributed by atoms with E-state index >= 15 is 0 Å². The molecule has 5 nitrogen and oxygen atoms in total. The van der Waals surface area contributed by atoms with Crippen LogP contribution in [0, 0.1) is 11.8 Å². The van der Waals surface area contributed by atoms with E-state index in [4.69, 9.17) is 16.3 Å². The number of fused-ring (bicyclic) bond motifs is 1. The van der Waals surface area contributed by atoms with Crippen LogP contribution in [-0.4, -0.2) is 47.7 Å². The van der Waals surface area contributed by atoms with Gasteiger partial charge in [0.05, 0.1) is 23.9 Å². The minimum Gasteiger partial charge on any atom is -0.497 e. The zero-order valence-electron chi connectivity index (χ0n) is 19.7. The highest BCUT2D eigenvalue weighted by molar-refractivity contribution is 6.21. The Labute approximate surface area is 206 Å². The number of hydrogen-bond donors (Lipinski definition) is 1. The number of nitrogens with zero attached hydrogens (tertiary/aromatic N) is 2. The number of aryl methyl sites for hydroxylation is 1. The second kappa shape index (κ2) is 11.7. The molecule has 4 rings (SSSR count). The molecule has 0 spiro atoms. The van der Waals surface area contributed by atoms with Gasteiger partial charge in [-0.2, -0.15) is 0 Å². The summed E-state index contributed by atoms with van der Waals surface area (Å²) in [7, 11) is 1.65. The highest BCUT2D eigenvalue weighted by Gasteiger charge is 2.34. The number of methoxy groups -OCH3 is 1. The summed E-state index contributed by atoms with van der Waals surface area (Å²) in [6.45, 7) is 2.51. The minimum atomic E-state index is -0.692. The molecule has 0 bridgehead atoms. The molecule has 1 aliphatic rings. The number of aromatic nitrogens is 1. The predicted octanol–water partition coefficient (Wildman–Crippen LogP) is 5.96. The molecule has 3 atom stereocenters. The third kappa shape index (κ3) is 6.08. The van der Waals surface area contributed by atoms with Gasteiger partial charge in [0.2, 0.25) is 0 Å². The normalized spacial score (nSPS) is 19.7. The minimum absolute atomic E-state index is 0.145. The lowest BCUT2D eigenvalue weighted by Crippen LogP contribution is -2.44. The number of rotatable bonds is 10. The quantitative estimate of drug-likeness (QED) is 0.363. The van der Waals surface area contributed by atoms with Crippen LogP contribution in [0.25, 0.3) is 10.9 Å². The lowest BCUT2D eigenvalue weighted by atomic mass is 9.81. The number of carboxylic acid groups (broad SMARTS) is 1. The number of carbonyl (C=O) groups is 1. The van der Waals surface area contributed by atoms with Crippen LogP contribution in [0.1, 0.15) is 42.2 Å². The van der Waals surface area contributed by atoms with Crippen LogP contribution in [0.3, 0.4) is 0 Å². The third-order valence-corrected chi connectivity index (χ3v) is 7.50. The van der Waals surface area contributed by atoms with Crippen LogP contribution in [0.5, 0.6) is 5.75 Å². The van der Waals surface area contributed by atoms with E-state index < -0.39 is 5.97 Å². The number of likely N-dealkylation sites (tertiary alicyclic amines) is 1. The number of piperidine rings is 1. The smallest absolute Gasteiger partial charge is 0.308 e. The van der Waals surface area contributed by atoms with Gasteiger partial charge in [-0.3, -0.25) is 9.78 Å². The summed E-state index contributed by atoms with van der Waals surface area (Å²) in [6, 6.07) is 18.2. The van der Waals surface area contributed by atoms with Gasteiger partial charge in [0, 0.05) is 18.1 Å². The van der Waals surface area contributed by atoms with Crippen molar-refractivity contribution in [1.82, 2.24) is 9.88 Å². The molecule has 0 saturated carbocycles. The van der Waals surface area contributed by atoms with Gasteiger partial charge in [-0.05, 0) is 86.5 Å². The van der Waals surface area contributed by atoms with Gasteiger partial charge in [0.1, 0.15) is 5.75 Å². The van der Waals surface area contributed by atoms with Crippen molar-refractivity contribution in [1.29, 1.82) is 0 Å². The van der Waals surface area contributed by atoms with Crippen LogP contribution < -0.4 is 4.74 Å². The van der Waals surface area contributed by atoms with Crippen LogP contribution in [0.15, 0.2) is 60.8 Å². The number of halogens is 1. The maximum Gasteiger partial charge on any atom is 0.308 e. The number of aliphatic carboxylic acids is 1. The molecule has 1 fully saturated rings. The largest absolute Gasteiger partial charge is 0.497 e. The van der Waals surface area contributed by atoms with E-state index in [9.17, 15) is 9.90 Å². The second-order valence-electron chi connectivity index (χ2n) is 9.21. The Kier molecular flexibility index (Phi) is 8.41. The van der Waals surface area contributed by atoms with Crippen LogP contribution in [0.4, 0.5) is 0 Å². The van der Waals surface area contributed by atoms with E-state index in [0.717, 1.165) is 67.4 Å². The topological polar surface area (TPSA) is 62.7 Å². The molecule has 34 heavy (non-hydrogen) atoms. The summed E-state index contributed by atoms with van der Waals surface area (Å²) in [4.78, 5) is 18.8. The summed E-state index contributed by atoms with van der Waals surface area (Å²) in [6.07, 6.45) is 6.29. The Balaban J connectivity index is 1.34. The third-order valence-electron chi connectivity index (χ3n) is 7.05. The summed E-state index contributed by atoms with van der Waals surface area (Å²) in [5.74, 6) is -0.116. The molecule has 1 N–H and O–H groups in total. The van der Waals surface area contributed by atoms with Gasteiger partial charge < -0.3 is 14.7 Å². The van der Waals surface area contributed by atoms with Crippen LogP contribution in [-0.2, 0) is 11.2 Å².